The molecule has 0 radical (unpaired) electrons. The number of rotatable bonds is 3. The van der Waals surface area contributed by atoms with E-state index in [2.05, 4.69) is 32.1 Å². The summed E-state index contributed by atoms with van der Waals surface area (Å²) < 4.78 is 3.24. The van der Waals surface area contributed by atoms with Gasteiger partial charge in [0.15, 0.2) is 0 Å². The van der Waals surface area contributed by atoms with Gasteiger partial charge in [-0.25, -0.2) is 4.98 Å². The molecule has 1 atom stereocenters. The van der Waals surface area contributed by atoms with Crippen molar-refractivity contribution in [2.45, 2.75) is 12.5 Å². The lowest BCUT2D eigenvalue weighted by atomic mass is 10.1. The number of nitrogens with zero attached hydrogens (tertiary/aromatic N) is 2. The summed E-state index contributed by atoms with van der Waals surface area (Å²) in [7, 11) is 1.99. The van der Waals surface area contributed by atoms with Crippen LogP contribution in [0.4, 0.5) is 0 Å². The fourth-order valence-electron chi connectivity index (χ4n) is 2.17. The van der Waals surface area contributed by atoms with Crippen LogP contribution in [-0.2, 0) is 13.5 Å². The molecule has 0 aliphatic heterocycles. The largest absolute Gasteiger partial charge is 0.388 e. The topological polar surface area (TPSA) is 38.0 Å². The Morgan fingerprint density at radius 3 is 2.89 bits per heavy atom. The molecular formula is C14H13IN2OS. The molecule has 2 aromatic heterocycles. The molecule has 0 fully saturated rings. The Bertz CT molecular complexity index is 719. The molecule has 1 N–H and O–H groups in total. The highest BCUT2D eigenvalue weighted by molar-refractivity contribution is 14.1. The Labute approximate surface area is 129 Å². The SMILES string of the molecule is Cn1c(CC(O)c2csc(I)c2)nc2ccccc21. The van der Waals surface area contributed by atoms with Gasteiger partial charge in [-0.2, -0.15) is 0 Å². The second kappa shape index (κ2) is 5.22. The maximum atomic E-state index is 10.3. The predicted molar refractivity (Wildman–Crippen MR) is 86.4 cm³/mol. The second-order valence-electron chi connectivity index (χ2n) is 4.48. The minimum atomic E-state index is -0.490. The number of imidazole rings is 1. The van der Waals surface area contributed by atoms with Crippen molar-refractivity contribution in [1.29, 1.82) is 0 Å². The molecule has 3 rings (SSSR count). The van der Waals surface area contributed by atoms with Gasteiger partial charge in [-0.3, -0.25) is 0 Å². The first-order valence-corrected chi connectivity index (χ1v) is 7.93. The molecule has 0 aliphatic carbocycles. The van der Waals surface area contributed by atoms with Gasteiger partial charge in [-0.15, -0.1) is 11.3 Å². The van der Waals surface area contributed by atoms with E-state index in [9.17, 15) is 5.11 Å². The molecule has 5 heteroatoms. The zero-order chi connectivity index (χ0) is 13.4. The third kappa shape index (κ3) is 2.54. The zero-order valence-electron chi connectivity index (χ0n) is 10.4. The van der Waals surface area contributed by atoms with E-state index in [-0.39, 0.29) is 0 Å². The molecule has 3 nitrogen and oxygen atoms in total. The first-order chi connectivity index (χ1) is 9.15. The molecule has 19 heavy (non-hydrogen) atoms. The van der Waals surface area contributed by atoms with E-state index in [0.717, 1.165) is 22.4 Å². The second-order valence-corrected chi connectivity index (χ2v) is 7.29. The molecule has 0 amide bonds. The third-order valence-corrected chi connectivity index (χ3v) is 5.04. The van der Waals surface area contributed by atoms with Gasteiger partial charge < -0.3 is 9.67 Å². The average Bonchev–Trinajstić information content (AvgIpc) is 2.96. The molecule has 3 aromatic rings. The van der Waals surface area contributed by atoms with Crippen LogP contribution >= 0.6 is 33.9 Å². The number of aliphatic hydroxyl groups is 1. The van der Waals surface area contributed by atoms with Crippen LogP contribution in [0, 0.1) is 2.88 Å². The summed E-state index contributed by atoms with van der Waals surface area (Å²) in [6.07, 6.45) is 0.0492. The third-order valence-electron chi connectivity index (χ3n) is 3.23. The molecule has 0 spiro atoms. The van der Waals surface area contributed by atoms with Gasteiger partial charge in [0.1, 0.15) is 5.82 Å². The van der Waals surface area contributed by atoms with Gasteiger partial charge in [0.25, 0.3) is 0 Å². The number of aromatic nitrogens is 2. The fraction of sp³-hybridized carbons (Fsp3) is 0.214. The Hall–Kier alpha value is -0.920. The van der Waals surface area contributed by atoms with E-state index >= 15 is 0 Å². The van der Waals surface area contributed by atoms with E-state index < -0.39 is 6.10 Å². The molecule has 1 aromatic carbocycles. The fourth-order valence-corrected chi connectivity index (χ4v) is 3.59. The number of hydrogen-bond acceptors (Lipinski definition) is 3. The summed E-state index contributed by atoms with van der Waals surface area (Å²) in [5.74, 6) is 0.912. The van der Waals surface area contributed by atoms with Crippen LogP contribution in [0.1, 0.15) is 17.5 Å². The highest BCUT2D eigenvalue weighted by Gasteiger charge is 2.15. The highest BCUT2D eigenvalue weighted by Crippen LogP contribution is 2.25. The van der Waals surface area contributed by atoms with Crippen molar-refractivity contribution in [2.75, 3.05) is 0 Å². The van der Waals surface area contributed by atoms with Gasteiger partial charge in [-0.1, -0.05) is 12.1 Å². The highest BCUT2D eigenvalue weighted by atomic mass is 127. The lowest BCUT2D eigenvalue weighted by Gasteiger charge is -2.08. The average molecular weight is 384 g/mol. The quantitative estimate of drug-likeness (QED) is 0.702. The van der Waals surface area contributed by atoms with Crippen LogP contribution in [0.2, 0.25) is 0 Å². The van der Waals surface area contributed by atoms with Crippen LogP contribution in [0.15, 0.2) is 35.7 Å². The van der Waals surface area contributed by atoms with Gasteiger partial charge in [0.2, 0.25) is 0 Å². The Morgan fingerprint density at radius 2 is 2.21 bits per heavy atom. The summed E-state index contributed by atoms with van der Waals surface area (Å²) in [4.78, 5) is 4.59. The predicted octanol–water partition coefficient (Wildman–Crippen LogP) is 3.52. The van der Waals surface area contributed by atoms with Crippen molar-refractivity contribution in [3.63, 3.8) is 0 Å². The number of benzene rings is 1. The molecular weight excluding hydrogens is 371 g/mol. The number of para-hydroxylation sites is 2. The summed E-state index contributed by atoms with van der Waals surface area (Å²) in [5, 5.41) is 12.3. The Kier molecular flexibility index (Phi) is 3.60. The van der Waals surface area contributed by atoms with Crippen molar-refractivity contribution in [2.24, 2.45) is 7.05 Å². The molecule has 0 saturated carbocycles. The van der Waals surface area contributed by atoms with E-state index in [4.69, 9.17) is 0 Å². The Morgan fingerprint density at radius 1 is 1.42 bits per heavy atom. The summed E-state index contributed by atoms with van der Waals surface area (Å²) in [5.41, 5.74) is 3.05. The maximum Gasteiger partial charge on any atom is 0.112 e. The van der Waals surface area contributed by atoms with Crippen molar-refractivity contribution >= 4 is 45.0 Å². The number of aliphatic hydroxyl groups excluding tert-OH is 1. The lowest BCUT2D eigenvalue weighted by Crippen LogP contribution is -2.06. The molecule has 2 heterocycles. The van der Waals surface area contributed by atoms with Gasteiger partial charge >= 0.3 is 0 Å². The van der Waals surface area contributed by atoms with Crippen LogP contribution in [0.25, 0.3) is 11.0 Å². The van der Waals surface area contributed by atoms with Crippen LogP contribution < -0.4 is 0 Å². The smallest absolute Gasteiger partial charge is 0.112 e. The molecule has 0 aliphatic rings. The number of halogens is 1. The van der Waals surface area contributed by atoms with Crippen molar-refractivity contribution in [1.82, 2.24) is 9.55 Å². The summed E-state index contributed by atoms with van der Waals surface area (Å²) in [6.45, 7) is 0. The lowest BCUT2D eigenvalue weighted by molar-refractivity contribution is 0.175. The van der Waals surface area contributed by atoms with E-state index in [1.165, 1.54) is 2.88 Å². The van der Waals surface area contributed by atoms with E-state index in [0.29, 0.717) is 6.42 Å². The molecule has 98 valence electrons. The number of aryl methyl sites for hydroxylation is 1. The monoisotopic (exact) mass is 384 g/mol. The van der Waals surface area contributed by atoms with Crippen molar-refractivity contribution in [3.8, 4) is 0 Å². The minimum Gasteiger partial charge on any atom is -0.388 e. The van der Waals surface area contributed by atoms with Crippen LogP contribution in [0.3, 0.4) is 0 Å². The van der Waals surface area contributed by atoms with E-state index in [1.54, 1.807) is 11.3 Å². The normalized spacial score (nSPS) is 13.0. The number of thiophene rings is 1. The van der Waals surface area contributed by atoms with Crippen molar-refractivity contribution in [3.05, 3.63) is 50.0 Å². The van der Waals surface area contributed by atoms with Gasteiger partial charge in [-0.05, 0) is 51.7 Å². The first kappa shape index (κ1) is 13.1. The van der Waals surface area contributed by atoms with Crippen LogP contribution in [-0.4, -0.2) is 14.7 Å². The number of fused-ring (bicyclic) bond motifs is 1. The van der Waals surface area contributed by atoms with Gasteiger partial charge in [0, 0.05) is 13.5 Å². The first-order valence-electron chi connectivity index (χ1n) is 5.97. The molecule has 1 unspecified atom stereocenters. The minimum absolute atomic E-state index is 0.490. The molecule has 0 bridgehead atoms. The van der Waals surface area contributed by atoms with Crippen molar-refractivity contribution < 1.29 is 5.11 Å². The molecule has 0 saturated heterocycles. The van der Waals surface area contributed by atoms with Gasteiger partial charge in [0.05, 0.1) is 20.0 Å². The summed E-state index contributed by atoms with van der Waals surface area (Å²) in [6, 6.07) is 10.1. The number of hydrogen-bond donors (Lipinski definition) is 1. The van der Waals surface area contributed by atoms with E-state index in [1.807, 2.05) is 42.8 Å². The Balaban J connectivity index is 1.91. The summed E-state index contributed by atoms with van der Waals surface area (Å²) >= 11 is 3.92. The van der Waals surface area contributed by atoms with Crippen LogP contribution in [0.5, 0.6) is 0 Å². The zero-order valence-corrected chi connectivity index (χ0v) is 13.4. The standard InChI is InChI=1S/C14H13IN2OS/c1-17-11-5-3-2-4-10(11)16-14(17)7-12(18)9-6-13(15)19-8-9/h2-6,8,12,18H,7H2,1H3. The maximum absolute atomic E-state index is 10.3.